The van der Waals surface area contributed by atoms with E-state index in [1.165, 1.54) is 6.08 Å². The SMILES string of the molecule is Cc1ccc(NC(=O)/C(C#N)=C/c2ccc(OCC(=O)Nc3cccc(C)c3C)c(Br)c2)c(C)c1. The maximum absolute atomic E-state index is 12.6. The first-order valence-corrected chi connectivity index (χ1v) is 11.8. The van der Waals surface area contributed by atoms with E-state index in [4.69, 9.17) is 4.74 Å². The summed E-state index contributed by atoms with van der Waals surface area (Å²) in [7, 11) is 0. The number of ether oxygens (including phenoxy) is 1. The van der Waals surface area contributed by atoms with Gasteiger partial charge in [0.05, 0.1) is 4.47 Å². The Morgan fingerprint density at radius 1 is 0.971 bits per heavy atom. The Kier molecular flexibility index (Phi) is 8.45. The number of carbonyl (C=O) groups excluding carboxylic acids is 2. The Morgan fingerprint density at radius 2 is 1.74 bits per heavy atom. The molecule has 0 saturated heterocycles. The Balaban J connectivity index is 1.66. The minimum absolute atomic E-state index is 0.0292. The second kappa shape index (κ2) is 11.5. The monoisotopic (exact) mass is 531 g/mol. The summed E-state index contributed by atoms with van der Waals surface area (Å²) in [4.78, 5) is 25.0. The van der Waals surface area contributed by atoms with E-state index in [-0.39, 0.29) is 18.1 Å². The van der Waals surface area contributed by atoms with Crippen LogP contribution in [-0.4, -0.2) is 18.4 Å². The largest absolute Gasteiger partial charge is 0.483 e. The zero-order valence-electron chi connectivity index (χ0n) is 20.0. The summed E-state index contributed by atoms with van der Waals surface area (Å²) in [5.41, 5.74) is 6.12. The molecule has 0 atom stereocenters. The number of nitrogens with zero attached hydrogens (tertiary/aromatic N) is 1. The fourth-order valence-electron chi connectivity index (χ4n) is 3.40. The van der Waals surface area contributed by atoms with Gasteiger partial charge in [-0.1, -0.05) is 35.9 Å². The van der Waals surface area contributed by atoms with Crippen LogP contribution in [-0.2, 0) is 9.59 Å². The zero-order valence-corrected chi connectivity index (χ0v) is 21.6. The average Bonchev–Trinajstić information content (AvgIpc) is 2.81. The van der Waals surface area contributed by atoms with Crippen LogP contribution in [0.5, 0.6) is 5.75 Å². The van der Waals surface area contributed by atoms with E-state index >= 15 is 0 Å². The van der Waals surface area contributed by atoms with Crippen molar-refractivity contribution in [2.75, 3.05) is 17.2 Å². The molecule has 0 bridgehead atoms. The highest BCUT2D eigenvalue weighted by molar-refractivity contribution is 9.10. The summed E-state index contributed by atoms with van der Waals surface area (Å²) < 4.78 is 6.25. The Hall–Kier alpha value is -3.89. The molecule has 2 amide bonds. The summed E-state index contributed by atoms with van der Waals surface area (Å²) in [6.45, 7) is 7.65. The number of nitriles is 1. The highest BCUT2D eigenvalue weighted by Gasteiger charge is 2.13. The van der Waals surface area contributed by atoms with Crippen LogP contribution >= 0.6 is 15.9 Å². The molecular formula is C28H26BrN3O3. The minimum atomic E-state index is -0.487. The molecule has 0 saturated carbocycles. The molecule has 0 spiro atoms. The van der Waals surface area contributed by atoms with Gasteiger partial charge in [-0.2, -0.15) is 5.26 Å². The van der Waals surface area contributed by atoms with Gasteiger partial charge in [0.2, 0.25) is 0 Å². The van der Waals surface area contributed by atoms with E-state index in [1.54, 1.807) is 18.2 Å². The number of halogens is 1. The topological polar surface area (TPSA) is 91.2 Å². The number of rotatable bonds is 7. The first kappa shape index (κ1) is 25.7. The van der Waals surface area contributed by atoms with Crippen molar-refractivity contribution >= 4 is 45.2 Å². The maximum atomic E-state index is 12.6. The molecule has 0 aliphatic rings. The second-order valence-corrected chi connectivity index (χ2v) is 9.07. The quantitative estimate of drug-likeness (QED) is 0.278. The van der Waals surface area contributed by atoms with Gasteiger partial charge >= 0.3 is 0 Å². The number of hydrogen-bond donors (Lipinski definition) is 2. The van der Waals surface area contributed by atoms with E-state index in [9.17, 15) is 14.9 Å². The number of nitrogens with one attached hydrogen (secondary N) is 2. The Bertz CT molecular complexity index is 1360. The molecule has 0 radical (unpaired) electrons. The van der Waals surface area contributed by atoms with Gasteiger partial charge < -0.3 is 15.4 Å². The third-order valence-electron chi connectivity index (χ3n) is 5.50. The zero-order chi connectivity index (χ0) is 25.5. The van der Waals surface area contributed by atoms with Gasteiger partial charge in [0.15, 0.2) is 6.61 Å². The average molecular weight is 532 g/mol. The van der Waals surface area contributed by atoms with Crippen molar-refractivity contribution in [3.8, 4) is 11.8 Å². The van der Waals surface area contributed by atoms with Crippen LogP contribution in [0.4, 0.5) is 11.4 Å². The van der Waals surface area contributed by atoms with Crippen molar-refractivity contribution in [2.24, 2.45) is 0 Å². The van der Waals surface area contributed by atoms with Gasteiger partial charge in [0.25, 0.3) is 11.8 Å². The smallest absolute Gasteiger partial charge is 0.266 e. The normalized spacial score (nSPS) is 10.9. The van der Waals surface area contributed by atoms with E-state index in [0.29, 0.717) is 21.5 Å². The highest BCUT2D eigenvalue weighted by Crippen LogP contribution is 2.27. The molecule has 35 heavy (non-hydrogen) atoms. The molecular weight excluding hydrogens is 506 g/mol. The number of aryl methyl sites for hydroxylation is 3. The summed E-state index contributed by atoms with van der Waals surface area (Å²) in [5, 5.41) is 15.2. The lowest BCUT2D eigenvalue weighted by molar-refractivity contribution is -0.118. The van der Waals surface area contributed by atoms with Crippen LogP contribution in [0.2, 0.25) is 0 Å². The summed E-state index contributed by atoms with van der Waals surface area (Å²) in [5.74, 6) is -0.292. The maximum Gasteiger partial charge on any atom is 0.266 e. The van der Waals surface area contributed by atoms with Crippen molar-refractivity contribution in [3.05, 3.63) is 92.5 Å². The molecule has 0 heterocycles. The molecule has 3 aromatic carbocycles. The lowest BCUT2D eigenvalue weighted by Crippen LogP contribution is -2.20. The van der Waals surface area contributed by atoms with Crippen molar-refractivity contribution in [1.82, 2.24) is 0 Å². The highest BCUT2D eigenvalue weighted by atomic mass is 79.9. The van der Waals surface area contributed by atoms with Crippen molar-refractivity contribution in [1.29, 1.82) is 5.26 Å². The van der Waals surface area contributed by atoms with Gasteiger partial charge in [-0.3, -0.25) is 9.59 Å². The van der Waals surface area contributed by atoms with E-state index in [1.807, 2.05) is 70.2 Å². The van der Waals surface area contributed by atoms with Crippen molar-refractivity contribution in [2.45, 2.75) is 27.7 Å². The molecule has 178 valence electrons. The van der Waals surface area contributed by atoms with E-state index in [0.717, 1.165) is 27.9 Å². The molecule has 7 heteroatoms. The lowest BCUT2D eigenvalue weighted by Gasteiger charge is -2.12. The number of carbonyl (C=O) groups is 2. The fourth-order valence-corrected chi connectivity index (χ4v) is 3.91. The summed E-state index contributed by atoms with van der Waals surface area (Å²) >= 11 is 3.43. The number of hydrogen-bond acceptors (Lipinski definition) is 4. The molecule has 3 aromatic rings. The van der Waals surface area contributed by atoms with Gasteiger partial charge in [-0.15, -0.1) is 0 Å². The number of anilines is 2. The Morgan fingerprint density at radius 3 is 2.43 bits per heavy atom. The van der Waals surface area contributed by atoms with Gasteiger partial charge in [0, 0.05) is 11.4 Å². The van der Waals surface area contributed by atoms with Crippen LogP contribution < -0.4 is 15.4 Å². The fraction of sp³-hybridized carbons (Fsp3) is 0.179. The predicted molar refractivity (Wildman–Crippen MR) is 142 cm³/mol. The van der Waals surface area contributed by atoms with Gasteiger partial charge in [-0.25, -0.2) is 0 Å². The van der Waals surface area contributed by atoms with Crippen LogP contribution in [0.1, 0.15) is 27.8 Å². The standard InChI is InChI=1S/C28H26BrN3O3/c1-17-8-10-24(19(3)12-17)32-28(34)22(15-30)13-21-9-11-26(23(29)14-21)35-16-27(33)31-25-7-5-6-18(2)20(25)4/h5-14H,16H2,1-4H3,(H,31,33)(H,32,34)/b22-13+. The molecule has 3 rings (SSSR count). The third kappa shape index (κ3) is 6.81. The Labute approximate surface area is 213 Å². The minimum Gasteiger partial charge on any atom is -0.483 e. The number of benzene rings is 3. The molecule has 0 fully saturated rings. The molecule has 0 aliphatic heterocycles. The first-order valence-electron chi connectivity index (χ1n) is 11.0. The van der Waals surface area contributed by atoms with Crippen LogP contribution in [0.15, 0.2) is 64.6 Å². The van der Waals surface area contributed by atoms with Crippen LogP contribution in [0.3, 0.4) is 0 Å². The van der Waals surface area contributed by atoms with E-state index < -0.39 is 5.91 Å². The van der Waals surface area contributed by atoms with Gasteiger partial charge in [-0.05, 0) is 96.2 Å². The second-order valence-electron chi connectivity index (χ2n) is 8.22. The number of amides is 2. The van der Waals surface area contributed by atoms with Gasteiger partial charge in [0.1, 0.15) is 17.4 Å². The molecule has 0 aromatic heterocycles. The van der Waals surface area contributed by atoms with E-state index in [2.05, 4.69) is 26.6 Å². The van der Waals surface area contributed by atoms with Crippen molar-refractivity contribution < 1.29 is 14.3 Å². The predicted octanol–water partition coefficient (Wildman–Crippen LogP) is 6.25. The molecule has 0 aliphatic carbocycles. The van der Waals surface area contributed by atoms with Crippen molar-refractivity contribution in [3.63, 3.8) is 0 Å². The lowest BCUT2D eigenvalue weighted by atomic mass is 10.1. The molecule has 0 unspecified atom stereocenters. The first-order chi connectivity index (χ1) is 16.7. The van der Waals surface area contributed by atoms with Crippen LogP contribution in [0.25, 0.3) is 6.08 Å². The third-order valence-corrected chi connectivity index (χ3v) is 6.12. The van der Waals surface area contributed by atoms with Crippen LogP contribution in [0, 0.1) is 39.0 Å². The summed E-state index contributed by atoms with van der Waals surface area (Å²) in [6.07, 6.45) is 1.50. The summed E-state index contributed by atoms with van der Waals surface area (Å²) in [6, 6.07) is 18.5. The molecule has 6 nitrogen and oxygen atoms in total. The molecule has 2 N–H and O–H groups in total.